The number of ether oxygens (including phenoxy) is 1. The highest BCUT2D eigenvalue weighted by molar-refractivity contribution is 5.85. The molecule has 0 saturated carbocycles. The summed E-state index contributed by atoms with van der Waals surface area (Å²) >= 11 is 0. The first-order chi connectivity index (χ1) is 10.1. The molecule has 1 aliphatic heterocycles. The standard InChI is InChI=1S/C18H29NO2.ClH/c1-14(2)18-8-7-17(11-15(18)3)21-13-16(20)12-19-9-5-4-6-10-19;/h7-8,11,14,16,20H,4-6,9-10,12-13H2,1-3H3;1H. The SMILES string of the molecule is Cc1cc(OCC(O)CN2CCCCC2)ccc1C(C)C.Cl. The van der Waals surface area contributed by atoms with E-state index in [1.54, 1.807) is 0 Å². The molecule has 0 bridgehead atoms. The summed E-state index contributed by atoms with van der Waals surface area (Å²) in [6, 6.07) is 6.21. The minimum Gasteiger partial charge on any atom is -0.491 e. The number of hydrogen-bond acceptors (Lipinski definition) is 3. The summed E-state index contributed by atoms with van der Waals surface area (Å²) in [6.07, 6.45) is 3.42. The minimum absolute atomic E-state index is 0. The summed E-state index contributed by atoms with van der Waals surface area (Å²) in [6.45, 7) is 9.83. The van der Waals surface area contributed by atoms with Crippen LogP contribution >= 0.6 is 12.4 Å². The van der Waals surface area contributed by atoms with E-state index in [0.717, 1.165) is 25.4 Å². The predicted molar refractivity (Wildman–Crippen MR) is 94.3 cm³/mol. The highest BCUT2D eigenvalue weighted by Gasteiger charge is 2.15. The molecule has 0 radical (unpaired) electrons. The van der Waals surface area contributed by atoms with Crippen molar-refractivity contribution >= 4 is 12.4 Å². The van der Waals surface area contributed by atoms with Crippen molar-refractivity contribution in [3.05, 3.63) is 29.3 Å². The van der Waals surface area contributed by atoms with E-state index in [9.17, 15) is 5.11 Å². The molecular weight excluding hydrogens is 298 g/mol. The second-order valence-electron chi connectivity index (χ2n) is 6.50. The lowest BCUT2D eigenvalue weighted by Crippen LogP contribution is -2.38. The molecule has 1 unspecified atom stereocenters. The van der Waals surface area contributed by atoms with Crippen LogP contribution in [0.2, 0.25) is 0 Å². The zero-order valence-electron chi connectivity index (χ0n) is 14.0. The number of likely N-dealkylation sites (tertiary alicyclic amines) is 1. The van der Waals surface area contributed by atoms with Gasteiger partial charge < -0.3 is 14.7 Å². The molecule has 0 aromatic heterocycles. The molecule has 1 aromatic rings. The van der Waals surface area contributed by atoms with Crippen LogP contribution in [-0.2, 0) is 0 Å². The van der Waals surface area contributed by atoms with E-state index < -0.39 is 6.10 Å². The lowest BCUT2D eigenvalue weighted by atomic mass is 9.98. The number of nitrogens with zero attached hydrogens (tertiary/aromatic N) is 1. The van der Waals surface area contributed by atoms with E-state index >= 15 is 0 Å². The maximum Gasteiger partial charge on any atom is 0.119 e. The highest BCUT2D eigenvalue weighted by atomic mass is 35.5. The smallest absolute Gasteiger partial charge is 0.119 e. The molecule has 4 heteroatoms. The molecule has 1 N–H and O–H groups in total. The molecule has 0 aliphatic carbocycles. The topological polar surface area (TPSA) is 32.7 Å². The first-order valence-electron chi connectivity index (χ1n) is 8.20. The van der Waals surface area contributed by atoms with Crippen LogP contribution < -0.4 is 4.74 Å². The van der Waals surface area contributed by atoms with Gasteiger partial charge in [-0.05, 0) is 62.0 Å². The number of piperidine rings is 1. The summed E-state index contributed by atoms with van der Waals surface area (Å²) in [4.78, 5) is 2.34. The second kappa shape index (κ2) is 9.39. The quantitative estimate of drug-likeness (QED) is 0.863. The number of aliphatic hydroxyl groups is 1. The molecule has 1 aromatic carbocycles. The summed E-state index contributed by atoms with van der Waals surface area (Å²) in [7, 11) is 0. The van der Waals surface area contributed by atoms with Crippen molar-refractivity contribution < 1.29 is 9.84 Å². The molecule has 1 saturated heterocycles. The molecular formula is C18H30ClNO2. The van der Waals surface area contributed by atoms with Gasteiger partial charge in [-0.3, -0.25) is 0 Å². The fourth-order valence-electron chi connectivity index (χ4n) is 3.07. The zero-order chi connectivity index (χ0) is 15.2. The second-order valence-corrected chi connectivity index (χ2v) is 6.50. The van der Waals surface area contributed by atoms with Gasteiger partial charge in [0.25, 0.3) is 0 Å². The van der Waals surface area contributed by atoms with E-state index in [0.29, 0.717) is 12.5 Å². The molecule has 0 spiro atoms. The third-order valence-electron chi connectivity index (χ3n) is 4.22. The van der Waals surface area contributed by atoms with Gasteiger partial charge in [0.2, 0.25) is 0 Å². The van der Waals surface area contributed by atoms with Crippen LogP contribution in [0.4, 0.5) is 0 Å². The van der Waals surface area contributed by atoms with Gasteiger partial charge in [-0.25, -0.2) is 0 Å². The molecule has 126 valence electrons. The van der Waals surface area contributed by atoms with E-state index in [2.05, 4.69) is 37.8 Å². The monoisotopic (exact) mass is 327 g/mol. The predicted octanol–water partition coefficient (Wildman–Crippen LogP) is 3.77. The van der Waals surface area contributed by atoms with E-state index in [-0.39, 0.29) is 12.4 Å². The largest absolute Gasteiger partial charge is 0.491 e. The van der Waals surface area contributed by atoms with E-state index in [4.69, 9.17) is 4.74 Å². The van der Waals surface area contributed by atoms with Crippen molar-refractivity contribution in [2.24, 2.45) is 0 Å². The van der Waals surface area contributed by atoms with Gasteiger partial charge in [0.1, 0.15) is 18.5 Å². The first kappa shape index (κ1) is 19.3. The van der Waals surface area contributed by atoms with Gasteiger partial charge >= 0.3 is 0 Å². The van der Waals surface area contributed by atoms with Crippen molar-refractivity contribution in [3.8, 4) is 5.75 Å². The highest BCUT2D eigenvalue weighted by Crippen LogP contribution is 2.23. The zero-order valence-corrected chi connectivity index (χ0v) is 14.9. The number of benzene rings is 1. The van der Waals surface area contributed by atoms with Gasteiger partial charge in [-0.1, -0.05) is 26.3 Å². The van der Waals surface area contributed by atoms with Gasteiger partial charge in [0.05, 0.1) is 0 Å². The van der Waals surface area contributed by atoms with E-state index in [1.165, 1.54) is 30.4 Å². The van der Waals surface area contributed by atoms with Crippen LogP contribution in [0.1, 0.15) is 50.2 Å². The van der Waals surface area contributed by atoms with E-state index in [1.807, 2.05) is 6.07 Å². The lowest BCUT2D eigenvalue weighted by Gasteiger charge is -2.28. The average molecular weight is 328 g/mol. The number of aliphatic hydroxyl groups excluding tert-OH is 1. The van der Waals surface area contributed by atoms with Crippen molar-refractivity contribution in [2.75, 3.05) is 26.2 Å². The minimum atomic E-state index is -0.409. The fourth-order valence-corrected chi connectivity index (χ4v) is 3.07. The maximum absolute atomic E-state index is 10.1. The van der Waals surface area contributed by atoms with Gasteiger partial charge in [0, 0.05) is 6.54 Å². The van der Waals surface area contributed by atoms with Crippen LogP contribution in [0, 0.1) is 6.92 Å². The molecule has 3 nitrogen and oxygen atoms in total. The third kappa shape index (κ3) is 5.79. The van der Waals surface area contributed by atoms with Gasteiger partial charge in [0.15, 0.2) is 0 Å². The Balaban J connectivity index is 0.00000242. The Morgan fingerprint density at radius 3 is 2.45 bits per heavy atom. The summed E-state index contributed by atoms with van der Waals surface area (Å²) in [5, 5.41) is 10.1. The Labute approximate surface area is 141 Å². The molecule has 0 amide bonds. The van der Waals surface area contributed by atoms with Gasteiger partial charge in [-0.2, -0.15) is 0 Å². The number of halogens is 1. The molecule has 2 rings (SSSR count). The fraction of sp³-hybridized carbons (Fsp3) is 0.667. The van der Waals surface area contributed by atoms with Crippen LogP contribution in [-0.4, -0.2) is 42.4 Å². The first-order valence-corrected chi connectivity index (χ1v) is 8.20. The maximum atomic E-state index is 10.1. The lowest BCUT2D eigenvalue weighted by molar-refractivity contribution is 0.0617. The Hall–Kier alpha value is -0.770. The third-order valence-corrected chi connectivity index (χ3v) is 4.22. The molecule has 1 aliphatic rings. The molecule has 1 fully saturated rings. The van der Waals surface area contributed by atoms with Crippen LogP contribution in [0.15, 0.2) is 18.2 Å². The van der Waals surface area contributed by atoms with Crippen molar-refractivity contribution in [1.29, 1.82) is 0 Å². The van der Waals surface area contributed by atoms with Crippen LogP contribution in [0.25, 0.3) is 0 Å². The summed E-state index contributed by atoms with van der Waals surface area (Å²) in [5.74, 6) is 1.39. The summed E-state index contributed by atoms with van der Waals surface area (Å²) in [5.41, 5.74) is 2.62. The van der Waals surface area contributed by atoms with Crippen LogP contribution in [0.3, 0.4) is 0 Å². The van der Waals surface area contributed by atoms with Crippen molar-refractivity contribution in [1.82, 2.24) is 4.90 Å². The van der Waals surface area contributed by atoms with Gasteiger partial charge in [-0.15, -0.1) is 12.4 Å². The van der Waals surface area contributed by atoms with Crippen LogP contribution in [0.5, 0.6) is 5.75 Å². The number of aryl methyl sites for hydroxylation is 1. The average Bonchev–Trinajstić information content (AvgIpc) is 2.46. The van der Waals surface area contributed by atoms with Crippen molar-refractivity contribution in [2.45, 2.75) is 52.1 Å². The Bertz CT molecular complexity index is 445. The Morgan fingerprint density at radius 1 is 1.18 bits per heavy atom. The molecule has 22 heavy (non-hydrogen) atoms. The summed E-state index contributed by atoms with van der Waals surface area (Å²) < 4.78 is 5.75. The molecule has 1 heterocycles. The molecule has 1 atom stereocenters. The normalized spacial score (nSPS) is 17.1. The number of rotatable bonds is 6. The Kier molecular flexibility index (Phi) is 8.23. The number of β-amino-alcohol motifs (C(OH)–C–C–N with tert-alkyl or cyclic N) is 1. The van der Waals surface area contributed by atoms with Crippen molar-refractivity contribution in [3.63, 3.8) is 0 Å². The Morgan fingerprint density at radius 2 is 1.86 bits per heavy atom. The number of hydrogen-bond donors (Lipinski definition) is 1.